The number of anilines is 1. The maximum atomic E-state index is 12.3. The van der Waals surface area contributed by atoms with Crippen molar-refractivity contribution in [1.82, 2.24) is 15.1 Å². The van der Waals surface area contributed by atoms with Gasteiger partial charge in [0.1, 0.15) is 5.75 Å². The fourth-order valence-corrected chi connectivity index (χ4v) is 4.04. The van der Waals surface area contributed by atoms with Gasteiger partial charge in [-0.2, -0.15) is 5.10 Å². The van der Waals surface area contributed by atoms with Crippen LogP contribution in [-0.4, -0.2) is 29.0 Å². The normalized spacial score (nSPS) is 17.7. The number of allylic oxidation sites excluding steroid dienone is 1. The summed E-state index contributed by atoms with van der Waals surface area (Å²) in [4.78, 5) is 12.3. The number of carbonyl (C=O) groups excluding carboxylic acids is 1. The maximum Gasteiger partial charge on any atom is 0.319 e. The van der Waals surface area contributed by atoms with Gasteiger partial charge in [0.05, 0.1) is 18.5 Å². The number of carbonyl (C=O) groups is 1. The molecule has 0 spiro atoms. The summed E-state index contributed by atoms with van der Waals surface area (Å²) in [5.74, 6) is 1.04. The summed E-state index contributed by atoms with van der Waals surface area (Å²) in [6.45, 7) is 4.13. The van der Waals surface area contributed by atoms with Crippen molar-refractivity contribution < 1.29 is 9.53 Å². The molecule has 2 amide bonds. The van der Waals surface area contributed by atoms with Crippen LogP contribution in [0.1, 0.15) is 29.3 Å². The number of para-hydroxylation sites is 1. The Morgan fingerprint density at radius 1 is 1.07 bits per heavy atom. The minimum Gasteiger partial charge on any atom is -0.497 e. The Morgan fingerprint density at radius 2 is 1.80 bits per heavy atom. The molecule has 0 saturated carbocycles. The van der Waals surface area contributed by atoms with Gasteiger partial charge in [-0.15, -0.1) is 0 Å². The van der Waals surface area contributed by atoms with Crippen LogP contribution in [0, 0.1) is 13.8 Å². The largest absolute Gasteiger partial charge is 0.497 e. The predicted molar refractivity (Wildman–Crippen MR) is 118 cm³/mol. The molecule has 1 heterocycles. The number of hydrogen-bond acceptors (Lipinski definition) is 3. The van der Waals surface area contributed by atoms with Gasteiger partial charge < -0.3 is 15.4 Å². The van der Waals surface area contributed by atoms with Crippen LogP contribution in [-0.2, 0) is 0 Å². The van der Waals surface area contributed by atoms with Gasteiger partial charge in [-0.25, -0.2) is 9.48 Å². The Labute approximate surface area is 176 Å². The second-order valence-corrected chi connectivity index (χ2v) is 7.49. The molecule has 30 heavy (non-hydrogen) atoms. The SMILES string of the molecule is COc1ccc(-n2nc(C)c([C@H]3C=C[C@@H](NC(=O)Nc4ccccc4)C3)c2C)cc1. The first kappa shape index (κ1) is 19.8. The lowest BCUT2D eigenvalue weighted by Gasteiger charge is -2.15. The number of aryl methyl sites for hydroxylation is 1. The third-order valence-corrected chi connectivity index (χ3v) is 5.47. The summed E-state index contributed by atoms with van der Waals surface area (Å²) < 4.78 is 7.22. The van der Waals surface area contributed by atoms with Crippen LogP contribution in [0.25, 0.3) is 5.69 Å². The Kier molecular flexibility index (Phi) is 5.57. The van der Waals surface area contributed by atoms with E-state index in [9.17, 15) is 4.79 Å². The first-order valence-corrected chi connectivity index (χ1v) is 10.1. The monoisotopic (exact) mass is 402 g/mol. The van der Waals surface area contributed by atoms with E-state index in [-0.39, 0.29) is 18.0 Å². The van der Waals surface area contributed by atoms with Crippen LogP contribution in [0.2, 0.25) is 0 Å². The molecule has 6 heteroatoms. The molecule has 0 aliphatic heterocycles. The number of benzene rings is 2. The van der Waals surface area contributed by atoms with Gasteiger partial charge in [0, 0.05) is 28.9 Å². The zero-order chi connectivity index (χ0) is 21.1. The fraction of sp³-hybridized carbons (Fsp3) is 0.250. The van der Waals surface area contributed by atoms with Crippen molar-refractivity contribution in [3.63, 3.8) is 0 Å². The quantitative estimate of drug-likeness (QED) is 0.606. The summed E-state index contributed by atoms with van der Waals surface area (Å²) in [6.07, 6.45) is 5.06. The maximum absolute atomic E-state index is 12.3. The number of rotatable bonds is 5. The van der Waals surface area contributed by atoms with Crippen molar-refractivity contribution in [2.24, 2.45) is 0 Å². The van der Waals surface area contributed by atoms with Crippen LogP contribution in [0.3, 0.4) is 0 Å². The minimum absolute atomic E-state index is 0.0122. The van der Waals surface area contributed by atoms with E-state index in [2.05, 4.69) is 29.7 Å². The van der Waals surface area contributed by atoms with Gasteiger partial charge in [0.25, 0.3) is 0 Å². The van der Waals surface area contributed by atoms with E-state index in [1.165, 1.54) is 5.56 Å². The second kappa shape index (κ2) is 8.45. The summed E-state index contributed by atoms with van der Waals surface area (Å²) in [5, 5.41) is 10.7. The van der Waals surface area contributed by atoms with Crippen LogP contribution < -0.4 is 15.4 Å². The Bertz CT molecular complexity index is 1050. The molecule has 1 aliphatic rings. The van der Waals surface area contributed by atoms with E-state index in [4.69, 9.17) is 9.84 Å². The van der Waals surface area contributed by atoms with Crippen LogP contribution >= 0.6 is 0 Å². The van der Waals surface area contributed by atoms with Crippen LogP contribution in [0.4, 0.5) is 10.5 Å². The molecule has 0 unspecified atom stereocenters. The van der Waals surface area contributed by atoms with E-state index < -0.39 is 0 Å². The van der Waals surface area contributed by atoms with E-state index >= 15 is 0 Å². The van der Waals surface area contributed by atoms with Crippen molar-refractivity contribution in [1.29, 1.82) is 0 Å². The number of aromatic nitrogens is 2. The van der Waals surface area contributed by atoms with Gasteiger partial charge in [-0.3, -0.25) is 0 Å². The summed E-state index contributed by atoms with van der Waals surface area (Å²) in [5.41, 5.74) is 5.12. The van der Waals surface area contributed by atoms with Crippen molar-refractivity contribution >= 4 is 11.7 Å². The summed E-state index contributed by atoms with van der Waals surface area (Å²) in [7, 11) is 1.66. The number of urea groups is 1. The lowest BCUT2D eigenvalue weighted by atomic mass is 9.96. The zero-order valence-electron chi connectivity index (χ0n) is 17.4. The highest BCUT2D eigenvalue weighted by Gasteiger charge is 2.27. The molecule has 2 atom stereocenters. The summed E-state index contributed by atoms with van der Waals surface area (Å²) in [6, 6.07) is 17.1. The van der Waals surface area contributed by atoms with Gasteiger partial charge in [-0.1, -0.05) is 30.4 Å². The summed E-state index contributed by atoms with van der Waals surface area (Å²) >= 11 is 0. The molecule has 0 radical (unpaired) electrons. The second-order valence-electron chi connectivity index (χ2n) is 7.49. The average molecular weight is 402 g/mol. The van der Waals surface area contributed by atoms with E-state index in [0.29, 0.717) is 0 Å². The molecule has 0 fully saturated rings. The number of amides is 2. The van der Waals surface area contributed by atoms with E-state index in [1.807, 2.05) is 66.2 Å². The van der Waals surface area contributed by atoms with Crippen molar-refractivity contribution in [3.05, 3.63) is 83.7 Å². The number of ether oxygens (including phenoxy) is 1. The van der Waals surface area contributed by atoms with Crippen molar-refractivity contribution in [2.45, 2.75) is 32.2 Å². The topological polar surface area (TPSA) is 68.2 Å². The molecule has 6 nitrogen and oxygen atoms in total. The van der Waals surface area contributed by atoms with Gasteiger partial charge in [-0.05, 0) is 56.7 Å². The number of hydrogen-bond donors (Lipinski definition) is 2. The first-order valence-electron chi connectivity index (χ1n) is 10.1. The molecule has 1 aromatic heterocycles. The first-order chi connectivity index (χ1) is 14.5. The lowest BCUT2D eigenvalue weighted by molar-refractivity contribution is 0.250. The lowest BCUT2D eigenvalue weighted by Crippen LogP contribution is -2.36. The smallest absolute Gasteiger partial charge is 0.319 e. The van der Waals surface area contributed by atoms with Crippen LogP contribution in [0.5, 0.6) is 5.75 Å². The predicted octanol–water partition coefficient (Wildman–Crippen LogP) is 4.73. The molecular formula is C24H26N4O2. The molecule has 2 aromatic carbocycles. The molecular weight excluding hydrogens is 376 g/mol. The number of methoxy groups -OCH3 is 1. The number of nitrogens with zero attached hydrogens (tertiary/aromatic N) is 2. The molecule has 3 aromatic rings. The van der Waals surface area contributed by atoms with E-state index in [0.717, 1.165) is 34.9 Å². The van der Waals surface area contributed by atoms with Crippen LogP contribution in [0.15, 0.2) is 66.7 Å². The van der Waals surface area contributed by atoms with E-state index in [1.54, 1.807) is 7.11 Å². The van der Waals surface area contributed by atoms with Gasteiger partial charge in [0.2, 0.25) is 0 Å². The Hall–Kier alpha value is -3.54. The fourth-order valence-electron chi connectivity index (χ4n) is 4.04. The molecule has 0 bridgehead atoms. The highest BCUT2D eigenvalue weighted by Crippen LogP contribution is 2.34. The molecule has 2 N–H and O–H groups in total. The number of nitrogens with one attached hydrogen (secondary N) is 2. The van der Waals surface area contributed by atoms with Gasteiger partial charge >= 0.3 is 6.03 Å². The third-order valence-electron chi connectivity index (χ3n) is 5.47. The highest BCUT2D eigenvalue weighted by atomic mass is 16.5. The van der Waals surface area contributed by atoms with Crippen molar-refractivity contribution in [2.75, 3.05) is 12.4 Å². The molecule has 4 rings (SSSR count). The third kappa shape index (κ3) is 4.08. The molecule has 1 aliphatic carbocycles. The highest BCUT2D eigenvalue weighted by molar-refractivity contribution is 5.89. The van der Waals surface area contributed by atoms with Crippen molar-refractivity contribution in [3.8, 4) is 11.4 Å². The Balaban J connectivity index is 1.44. The minimum atomic E-state index is -0.195. The Morgan fingerprint density at radius 3 is 2.50 bits per heavy atom. The van der Waals surface area contributed by atoms with Gasteiger partial charge in [0.15, 0.2) is 0 Å². The standard InChI is InChI=1S/C24H26N4O2/c1-16-23(17(2)28(27-16)21-11-13-22(30-3)14-12-21)18-9-10-20(15-18)26-24(29)25-19-7-5-4-6-8-19/h4-14,18,20H,15H2,1-3H3,(H2,25,26,29)/t18-,20+/m0/s1. The zero-order valence-corrected chi connectivity index (χ0v) is 17.4. The molecule has 154 valence electrons. The molecule has 0 saturated heterocycles. The average Bonchev–Trinajstić information content (AvgIpc) is 3.32.